The van der Waals surface area contributed by atoms with E-state index in [0.717, 1.165) is 6.42 Å². The third-order valence-corrected chi connectivity index (χ3v) is 4.99. The molecule has 8 heteroatoms. The third kappa shape index (κ3) is 4.36. The molecule has 0 saturated heterocycles. The van der Waals surface area contributed by atoms with Gasteiger partial charge in [0.05, 0.1) is 10.0 Å². The lowest BCUT2D eigenvalue weighted by Crippen LogP contribution is -2.25. The van der Waals surface area contributed by atoms with Gasteiger partial charge in [0.2, 0.25) is 10.0 Å². The van der Waals surface area contributed by atoms with E-state index in [1.54, 1.807) is 0 Å². The number of sulfonamides is 1. The normalized spacial score (nSPS) is 11.8. The van der Waals surface area contributed by atoms with E-state index in [1.165, 1.54) is 12.1 Å². The monoisotopic (exact) mass is 374 g/mol. The Bertz CT molecular complexity index is 500. The topological polar surface area (TPSA) is 72.2 Å². The van der Waals surface area contributed by atoms with Crippen LogP contribution in [0, 0.1) is 0 Å². The molecule has 0 aliphatic rings. The molecule has 0 fully saturated rings. The Labute approximate surface area is 125 Å². The van der Waals surface area contributed by atoms with Gasteiger partial charge < -0.3 is 5.73 Å². The molecule has 0 spiro atoms. The minimum Gasteiger partial charge on any atom is -0.330 e. The first-order chi connectivity index (χ1) is 8.38. The van der Waals surface area contributed by atoms with Crippen LogP contribution in [0.4, 0.5) is 0 Å². The quantitative estimate of drug-likeness (QED) is 0.751. The fourth-order valence-corrected chi connectivity index (χ4v) is 4.34. The van der Waals surface area contributed by atoms with Crippen LogP contribution in [-0.2, 0) is 10.0 Å². The van der Waals surface area contributed by atoms with Crippen LogP contribution in [-0.4, -0.2) is 21.5 Å². The van der Waals surface area contributed by atoms with Crippen molar-refractivity contribution in [2.75, 3.05) is 13.1 Å². The Balaban J connectivity index is 2.92. The van der Waals surface area contributed by atoms with Gasteiger partial charge in [0.15, 0.2) is 0 Å². The molecule has 0 amide bonds. The third-order valence-electron chi connectivity index (χ3n) is 2.15. The van der Waals surface area contributed by atoms with Gasteiger partial charge in [-0.1, -0.05) is 39.1 Å². The van der Waals surface area contributed by atoms with Gasteiger partial charge in [0, 0.05) is 11.0 Å². The predicted octanol–water partition coefficient (Wildman–Crippen LogP) is 2.77. The second kappa shape index (κ2) is 7.07. The zero-order valence-corrected chi connectivity index (χ0v) is 13.3. The summed E-state index contributed by atoms with van der Waals surface area (Å²) in [5, 5.41) is 0.168. The van der Waals surface area contributed by atoms with Gasteiger partial charge in [-0.15, -0.1) is 0 Å². The van der Waals surface area contributed by atoms with Crippen molar-refractivity contribution in [1.29, 1.82) is 0 Å². The van der Waals surface area contributed by atoms with Gasteiger partial charge in [-0.2, -0.15) is 0 Å². The predicted molar refractivity (Wildman–Crippen MR) is 77.6 cm³/mol. The van der Waals surface area contributed by atoms with Crippen molar-refractivity contribution < 1.29 is 8.42 Å². The maximum atomic E-state index is 12.0. The summed E-state index contributed by atoms with van der Waals surface area (Å²) >= 11 is 15.0. The van der Waals surface area contributed by atoms with Crippen LogP contribution in [0.2, 0.25) is 10.0 Å². The van der Waals surface area contributed by atoms with Crippen molar-refractivity contribution in [2.45, 2.75) is 17.7 Å². The summed E-state index contributed by atoms with van der Waals surface area (Å²) < 4.78 is 27.1. The number of unbranched alkanes of at least 4 members (excludes halogenated alkanes) is 1. The smallest absolute Gasteiger partial charge is 0.243 e. The van der Waals surface area contributed by atoms with E-state index in [2.05, 4.69) is 20.7 Å². The average molecular weight is 376 g/mol. The molecule has 0 atom stereocenters. The Morgan fingerprint density at radius 3 is 2.28 bits per heavy atom. The number of hydrogen-bond donors (Lipinski definition) is 2. The number of benzene rings is 1. The standard InChI is InChI=1S/C10H13BrCl2N2O2S/c11-7-5-8(12)10(9(13)6-7)18(16,17)15-4-2-1-3-14/h5-6,15H,1-4,14H2. The summed E-state index contributed by atoms with van der Waals surface area (Å²) in [4.78, 5) is -0.0956. The van der Waals surface area contributed by atoms with Crippen LogP contribution in [0.25, 0.3) is 0 Å². The highest BCUT2D eigenvalue weighted by atomic mass is 79.9. The van der Waals surface area contributed by atoms with E-state index in [4.69, 9.17) is 28.9 Å². The first-order valence-electron chi connectivity index (χ1n) is 5.23. The molecule has 3 N–H and O–H groups in total. The second-order valence-electron chi connectivity index (χ2n) is 3.59. The van der Waals surface area contributed by atoms with Gasteiger partial charge in [-0.05, 0) is 31.5 Å². The van der Waals surface area contributed by atoms with Crippen LogP contribution in [0.1, 0.15) is 12.8 Å². The summed E-state index contributed by atoms with van der Waals surface area (Å²) in [5.74, 6) is 0. The van der Waals surface area contributed by atoms with Crippen LogP contribution in [0.15, 0.2) is 21.5 Å². The fraction of sp³-hybridized carbons (Fsp3) is 0.400. The molecule has 0 bridgehead atoms. The molecule has 0 aliphatic carbocycles. The van der Waals surface area contributed by atoms with Gasteiger partial charge in [-0.3, -0.25) is 0 Å². The Hall–Kier alpha value is 0.150. The average Bonchev–Trinajstić information content (AvgIpc) is 2.22. The largest absolute Gasteiger partial charge is 0.330 e. The van der Waals surface area contributed by atoms with E-state index < -0.39 is 10.0 Å². The SMILES string of the molecule is NCCCCNS(=O)(=O)c1c(Cl)cc(Br)cc1Cl. The molecular weight excluding hydrogens is 363 g/mol. The molecule has 0 radical (unpaired) electrons. The van der Waals surface area contributed by atoms with Crippen molar-refractivity contribution in [3.05, 3.63) is 26.7 Å². The van der Waals surface area contributed by atoms with E-state index >= 15 is 0 Å². The highest BCUT2D eigenvalue weighted by Gasteiger charge is 2.21. The number of halogens is 3. The lowest BCUT2D eigenvalue weighted by Gasteiger charge is -2.10. The molecule has 18 heavy (non-hydrogen) atoms. The lowest BCUT2D eigenvalue weighted by atomic mass is 10.3. The molecule has 0 unspecified atom stereocenters. The van der Waals surface area contributed by atoms with E-state index in [-0.39, 0.29) is 14.9 Å². The number of nitrogens with one attached hydrogen (secondary N) is 1. The maximum absolute atomic E-state index is 12.0. The van der Waals surface area contributed by atoms with E-state index in [9.17, 15) is 8.42 Å². The first kappa shape index (κ1) is 16.2. The molecule has 0 aliphatic heterocycles. The minimum absolute atomic E-state index is 0.0840. The van der Waals surface area contributed by atoms with Crippen molar-refractivity contribution in [1.82, 2.24) is 4.72 Å². The first-order valence-corrected chi connectivity index (χ1v) is 8.26. The summed E-state index contributed by atoms with van der Waals surface area (Å²) in [6, 6.07) is 2.98. The summed E-state index contributed by atoms with van der Waals surface area (Å²) in [7, 11) is -3.69. The van der Waals surface area contributed by atoms with Crippen LogP contribution in [0.5, 0.6) is 0 Å². The van der Waals surface area contributed by atoms with Gasteiger partial charge in [-0.25, -0.2) is 13.1 Å². The minimum atomic E-state index is -3.69. The van der Waals surface area contributed by atoms with Crippen molar-refractivity contribution >= 4 is 49.2 Å². The van der Waals surface area contributed by atoms with Crippen molar-refractivity contribution in [3.8, 4) is 0 Å². The molecule has 1 rings (SSSR count). The van der Waals surface area contributed by atoms with Gasteiger partial charge >= 0.3 is 0 Å². The Morgan fingerprint density at radius 2 is 1.78 bits per heavy atom. The van der Waals surface area contributed by atoms with Crippen LogP contribution >= 0.6 is 39.1 Å². The number of hydrogen-bond acceptors (Lipinski definition) is 3. The zero-order valence-electron chi connectivity index (χ0n) is 9.42. The van der Waals surface area contributed by atoms with Crippen LogP contribution < -0.4 is 10.5 Å². The highest BCUT2D eigenvalue weighted by molar-refractivity contribution is 9.10. The summed E-state index contributed by atoms with van der Waals surface area (Å²) in [6.45, 7) is 0.837. The maximum Gasteiger partial charge on any atom is 0.243 e. The van der Waals surface area contributed by atoms with Gasteiger partial charge in [0.1, 0.15) is 4.90 Å². The lowest BCUT2D eigenvalue weighted by molar-refractivity contribution is 0.577. The molecule has 0 aromatic heterocycles. The van der Waals surface area contributed by atoms with E-state index in [0.29, 0.717) is 24.0 Å². The van der Waals surface area contributed by atoms with Gasteiger partial charge in [0.25, 0.3) is 0 Å². The molecule has 0 saturated carbocycles. The molecule has 0 heterocycles. The Kier molecular flexibility index (Phi) is 6.37. The van der Waals surface area contributed by atoms with Crippen molar-refractivity contribution in [2.24, 2.45) is 5.73 Å². The molecule has 4 nitrogen and oxygen atoms in total. The molecule has 1 aromatic carbocycles. The molecule has 102 valence electrons. The van der Waals surface area contributed by atoms with E-state index in [1.807, 2.05) is 0 Å². The Morgan fingerprint density at radius 1 is 1.22 bits per heavy atom. The summed E-state index contributed by atoms with van der Waals surface area (Å²) in [6.07, 6.45) is 1.42. The molecule has 1 aromatic rings. The molecular formula is C10H13BrCl2N2O2S. The fourth-order valence-electron chi connectivity index (χ4n) is 1.33. The zero-order chi connectivity index (χ0) is 13.8. The van der Waals surface area contributed by atoms with Crippen LogP contribution in [0.3, 0.4) is 0 Å². The second-order valence-corrected chi connectivity index (χ2v) is 7.03. The van der Waals surface area contributed by atoms with Crippen molar-refractivity contribution in [3.63, 3.8) is 0 Å². The number of nitrogens with two attached hydrogens (primary N) is 1. The number of rotatable bonds is 6. The summed E-state index contributed by atoms with van der Waals surface area (Å²) in [5.41, 5.74) is 5.33. The highest BCUT2D eigenvalue weighted by Crippen LogP contribution is 2.32.